The minimum absolute atomic E-state index is 0.00834. The van der Waals surface area contributed by atoms with E-state index in [2.05, 4.69) is 5.32 Å². The van der Waals surface area contributed by atoms with Gasteiger partial charge in [0.25, 0.3) is 5.91 Å². The van der Waals surface area contributed by atoms with E-state index in [1.807, 2.05) is 11.9 Å². The van der Waals surface area contributed by atoms with Gasteiger partial charge in [-0.15, -0.1) is 0 Å². The molecule has 2 rings (SSSR count). The van der Waals surface area contributed by atoms with Gasteiger partial charge in [-0.1, -0.05) is 34.8 Å². The Morgan fingerprint density at radius 3 is 2.80 bits per heavy atom. The van der Waals surface area contributed by atoms with E-state index in [1.54, 1.807) is 0 Å². The van der Waals surface area contributed by atoms with Crippen molar-refractivity contribution in [3.63, 3.8) is 0 Å². The van der Waals surface area contributed by atoms with Crippen LogP contribution in [0.1, 0.15) is 0 Å². The van der Waals surface area contributed by atoms with E-state index in [9.17, 15) is 9.90 Å². The molecule has 1 aliphatic heterocycles. The molecule has 8 heteroatoms. The van der Waals surface area contributed by atoms with E-state index in [4.69, 9.17) is 39.5 Å². The number of phenolic OH excluding ortho intramolecular Hbond substituents is 1. The molecule has 1 aromatic rings. The molecule has 2 N–H and O–H groups in total. The minimum Gasteiger partial charge on any atom is -0.504 e. The van der Waals surface area contributed by atoms with Crippen molar-refractivity contribution in [1.29, 1.82) is 0 Å². The van der Waals surface area contributed by atoms with Crippen LogP contribution in [0, 0.1) is 0 Å². The molecule has 0 unspecified atom stereocenters. The lowest BCUT2D eigenvalue weighted by molar-refractivity contribution is -0.132. The molecule has 0 radical (unpaired) electrons. The number of carbonyl (C=O) groups is 1. The molecule has 5 nitrogen and oxygen atoms in total. The molecule has 1 aromatic carbocycles. The molecule has 1 saturated heterocycles. The van der Waals surface area contributed by atoms with E-state index in [-0.39, 0.29) is 26.5 Å². The maximum absolute atomic E-state index is 12.1. The van der Waals surface area contributed by atoms with Crippen molar-refractivity contribution < 1.29 is 14.6 Å². The number of hydrogen-bond acceptors (Lipinski definition) is 4. The minimum atomic E-state index is -0.637. The summed E-state index contributed by atoms with van der Waals surface area (Å²) in [6.45, 7) is 1.68. The molecule has 1 fully saturated rings. The molecule has 1 amide bonds. The zero-order chi connectivity index (χ0) is 14.9. The summed E-state index contributed by atoms with van der Waals surface area (Å²) in [5.74, 6) is -0.731. The Labute approximate surface area is 131 Å². The molecule has 1 atom stereocenters. The smallest absolute Gasteiger partial charge is 0.254 e. The van der Waals surface area contributed by atoms with Gasteiger partial charge in [0, 0.05) is 13.1 Å². The topological polar surface area (TPSA) is 61.8 Å². The van der Waals surface area contributed by atoms with Crippen molar-refractivity contribution in [2.75, 3.05) is 32.1 Å². The summed E-state index contributed by atoms with van der Waals surface area (Å²) >= 11 is 17.6. The number of carbonyl (C=O) groups excluding carboxylic acids is 1. The molecule has 0 aliphatic carbocycles. The van der Waals surface area contributed by atoms with E-state index in [0.717, 1.165) is 6.54 Å². The Morgan fingerprint density at radius 1 is 1.45 bits per heavy atom. The van der Waals surface area contributed by atoms with Crippen molar-refractivity contribution in [3.05, 3.63) is 21.1 Å². The Morgan fingerprint density at radius 2 is 2.15 bits per heavy atom. The summed E-state index contributed by atoms with van der Waals surface area (Å²) in [5.41, 5.74) is -0.00834. The average Bonchev–Trinajstić information content (AvgIpc) is 2.41. The predicted octanol–water partition coefficient (Wildman–Crippen LogP) is 2.62. The number of phenols is 1. The zero-order valence-corrected chi connectivity index (χ0v) is 12.9. The Balaban J connectivity index is 2.19. The van der Waals surface area contributed by atoms with Gasteiger partial charge in [0.05, 0.1) is 21.7 Å². The zero-order valence-electron chi connectivity index (χ0n) is 10.6. The first-order chi connectivity index (χ1) is 9.40. The lowest BCUT2D eigenvalue weighted by Crippen LogP contribution is -2.46. The van der Waals surface area contributed by atoms with Crippen LogP contribution in [0.15, 0.2) is 6.07 Å². The normalized spacial score (nSPS) is 19.9. The van der Waals surface area contributed by atoms with E-state index >= 15 is 0 Å². The highest BCUT2D eigenvalue weighted by Gasteiger charge is 2.27. The fraction of sp³-hybridized carbons (Fsp3) is 0.417. The summed E-state index contributed by atoms with van der Waals surface area (Å²) in [7, 11) is 1.89. The second-order valence-electron chi connectivity index (χ2n) is 4.49. The number of hydrogen-bond donors (Lipinski definition) is 2. The Kier molecular flexibility index (Phi) is 4.99. The Hall–Kier alpha value is -0.720. The van der Waals surface area contributed by atoms with Crippen molar-refractivity contribution in [1.82, 2.24) is 4.90 Å². The van der Waals surface area contributed by atoms with Gasteiger partial charge in [0.1, 0.15) is 11.8 Å². The highest BCUT2D eigenvalue weighted by atomic mass is 35.5. The van der Waals surface area contributed by atoms with Gasteiger partial charge in [0.2, 0.25) is 0 Å². The standard InChI is InChI=1S/C12H13Cl3N2O3/c1-17-2-3-20-8(5-17)12(19)16-10-9(15)6(13)4-7(14)11(10)18/h4,8,18H,2-3,5H2,1H3,(H,16,19)/t8-/m1/s1. The van der Waals surface area contributed by atoms with Gasteiger partial charge in [-0.3, -0.25) is 4.79 Å². The Bertz CT molecular complexity index is 513. The summed E-state index contributed by atoms with van der Waals surface area (Å²) in [6.07, 6.45) is -0.637. The van der Waals surface area contributed by atoms with Crippen LogP contribution in [-0.2, 0) is 9.53 Å². The van der Waals surface area contributed by atoms with Gasteiger partial charge in [-0.05, 0) is 13.1 Å². The molecule has 0 bridgehead atoms. The molecule has 0 saturated carbocycles. The SMILES string of the molecule is CN1CCO[C@@H](C(=O)Nc2c(O)c(Cl)cc(Cl)c2Cl)C1. The number of amides is 1. The predicted molar refractivity (Wildman–Crippen MR) is 79.0 cm³/mol. The third-order valence-electron chi connectivity index (χ3n) is 2.96. The van der Waals surface area contributed by atoms with Crippen LogP contribution in [0.2, 0.25) is 15.1 Å². The quantitative estimate of drug-likeness (QED) is 0.642. The average molecular weight is 340 g/mol. The maximum atomic E-state index is 12.1. The molecule has 1 aliphatic rings. The van der Waals surface area contributed by atoms with E-state index in [1.165, 1.54) is 6.07 Å². The summed E-state index contributed by atoms with van der Waals surface area (Å²) in [5, 5.41) is 12.6. The first-order valence-electron chi connectivity index (χ1n) is 5.87. The molecular weight excluding hydrogens is 327 g/mol. The molecular formula is C12H13Cl3N2O3. The van der Waals surface area contributed by atoms with Crippen LogP contribution in [0.5, 0.6) is 5.75 Å². The van der Waals surface area contributed by atoms with E-state index in [0.29, 0.717) is 13.2 Å². The molecule has 1 heterocycles. The number of halogens is 3. The molecule has 0 aromatic heterocycles. The van der Waals surface area contributed by atoms with Crippen LogP contribution in [0.4, 0.5) is 5.69 Å². The number of anilines is 1. The van der Waals surface area contributed by atoms with Crippen molar-refractivity contribution in [3.8, 4) is 5.75 Å². The highest BCUT2D eigenvalue weighted by Crippen LogP contribution is 2.42. The first-order valence-corrected chi connectivity index (χ1v) is 7.01. The first kappa shape index (κ1) is 15.7. The van der Waals surface area contributed by atoms with Gasteiger partial charge in [-0.2, -0.15) is 0 Å². The van der Waals surface area contributed by atoms with Gasteiger partial charge in [0.15, 0.2) is 5.75 Å². The number of morpholine rings is 1. The third kappa shape index (κ3) is 3.30. The lowest BCUT2D eigenvalue weighted by atomic mass is 10.2. The maximum Gasteiger partial charge on any atom is 0.254 e. The highest BCUT2D eigenvalue weighted by molar-refractivity contribution is 6.46. The van der Waals surface area contributed by atoms with Crippen LogP contribution >= 0.6 is 34.8 Å². The summed E-state index contributed by atoms with van der Waals surface area (Å²) in [4.78, 5) is 14.1. The number of ether oxygens (including phenoxy) is 1. The van der Waals surface area contributed by atoms with Gasteiger partial charge in [-0.25, -0.2) is 0 Å². The molecule has 20 heavy (non-hydrogen) atoms. The van der Waals surface area contributed by atoms with Crippen LogP contribution < -0.4 is 5.32 Å². The van der Waals surface area contributed by atoms with Crippen LogP contribution in [0.25, 0.3) is 0 Å². The van der Waals surface area contributed by atoms with Gasteiger partial charge < -0.3 is 20.1 Å². The van der Waals surface area contributed by atoms with Crippen molar-refractivity contribution in [2.24, 2.45) is 0 Å². The fourth-order valence-electron chi connectivity index (χ4n) is 1.84. The number of likely N-dealkylation sites (N-methyl/N-ethyl adjacent to an activating group) is 1. The number of nitrogens with one attached hydrogen (secondary N) is 1. The largest absolute Gasteiger partial charge is 0.504 e. The fourth-order valence-corrected chi connectivity index (χ4v) is 2.49. The monoisotopic (exact) mass is 338 g/mol. The molecule has 110 valence electrons. The lowest BCUT2D eigenvalue weighted by Gasteiger charge is -2.29. The van der Waals surface area contributed by atoms with Crippen molar-refractivity contribution in [2.45, 2.75) is 6.10 Å². The van der Waals surface area contributed by atoms with Crippen LogP contribution in [0.3, 0.4) is 0 Å². The van der Waals surface area contributed by atoms with Crippen LogP contribution in [-0.4, -0.2) is 48.8 Å². The second-order valence-corrected chi connectivity index (χ2v) is 5.68. The van der Waals surface area contributed by atoms with Gasteiger partial charge >= 0.3 is 0 Å². The summed E-state index contributed by atoms with van der Waals surface area (Å²) in [6, 6.07) is 1.31. The number of rotatable bonds is 2. The third-order valence-corrected chi connectivity index (χ3v) is 4.03. The number of aromatic hydroxyl groups is 1. The second kappa shape index (κ2) is 6.37. The van der Waals surface area contributed by atoms with Crippen molar-refractivity contribution >= 4 is 46.4 Å². The number of benzene rings is 1. The van der Waals surface area contributed by atoms with E-state index < -0.39 is 12.0 Å². The molecule has 0 spiro atoms. The number of nitrogens with zero attached hydrogens (tertiary/aromatic N) is 1. The summed E-state index contributed by atoms with van der Waals surface area (Å²) < 4.78 is 5.38.